The van der Waals surface area contributed by atoms with Crippen molar-refractivity contribution in [3.8, 4) is 11.4 Å². The van der Waals surface area contributed by atoms with Gasteiger partial charge in [0.2, 0.25) is 11.7 Å². The largest absolute Gasteiger partial charge is 0.481 e. The van der Waals surface area contributed by atoms with Crippen LogP contribution in [0.3, 0.4) is 0 Å². The summed E-state index contributed by atoms with van der Waals surface area (Å²) in [4.78, 5) is 29.2. The summed E-state index contributed by atoms with van der Waals surface area (Å²) in [6, 6.07) is 9.42. The first-order valence-electron chi connectivity index (χ1n) is 9.15. The number of urea groups is 1. The molecule has 2 N–H and O–H groups in total. The van der Waals surface area contributed by atoms with Gasteiger partial charge in [-0.1, -0.05) is 35.5 Å². The first kappa shape index (κ1) is 18.9. The Hall–Kier alpha value is -2.90. The van der Waals surface area contributed by atoms with E-state index in [1.165, 1.54) is 0 Å². The molecule has 8 nitrogen and oxygen atoms in total. The number of carboxylic acid groups (broad SMARTS) is 1. The van der Waals surface area contributed by atoms with Crippen LogP contribution in [-0.2, 0) is 11.2 Å². The fourth-order valence-electron chi connectivity index (χ4n) is 3.20. The van der Waals surface area contributed by atoms with Crippen molar-refractivity contribution in [2.75, 3.05) is 13.6 Å². The van der Waals surface area contributed by atoms with Gasteiger partial charge in [0, 0.05) is 31.6 Å². The van der Waals surface area contributed by atoms with E-state index < -0.39 is 5.97 Å². The van der Waals surface area contributed by atoms with Gasteiger partial charge in [0.05, 0.1) is 5.92 Å². The third kappa shape index (κ3) is 5.06. The number of hydrogen-bond donors (Lipinski definition) is 2. The molecule has 3 rings (SSSR count). The lowest BCUT2D eigenvalue weighted by atomic mass is 9.86. The van der Waals surface area contributed by atoms with Crippen LogP contribution in [0.4, 0.5) is 4.79 Å². The highest BCUT2D eigenvalue weighted by atomic mass is 16.5. The van der Waals surface area contributed by atoms with Gasteiger partial charge in [-0.3, -0.25) is 4.79 Å². The molecule has 0 spiro atoms. The van der Waals surface area contributed by atoms with Crippen molar-refractivity contribution in [2.45, 2.75) is 38.1 Å². The monoisotopic (exact) mass is 372 g/mol. The highest BCUT2D eigenvalue weighted by Gasteiger charge is 2.27. The number of carboxylic acids is 1. The third-order valence-corrected chi connectivity index (χ3v) is 4.91. The molecular formula is C19H24N4O4. The molecular weight excluding hydrogens is 348 g/mol. The second kappa shape index (κ2) is 8.66. The van der Waals surface area contributed by atoms with E-state index in [2.05, 4.69) is 15.5 Å². The average Bonchev–Trinajstić information content (AvgIpc) is 3.16. The Morgan fingerprint density at radius 3 is 2.59 bits per heavy atom. The maximum Gasteiger partial charge on any atom is 0.317 e. The minimum absolute atomic E-state index is 0.0311. The molecule has 1 aromatic carbocycles. The van der Waals surface area contributed by atoms with E-state index in [1.807, 2.05) is 30.3 Å². The minimum Gasteiger partial charge on any atom is -0.481 e. The number of aromatic nitrogens is 2. The van der Waals surface area contributed by atoms with Crippen molar-refractivity contribution in [1.29, 1.82) is 0 Å². The Morgan fingerprint density at radius 1 is 1.22 bits per heavy atom. The Balaban J connectivity index is 1.44. The van der Waals surface area contributed by atoms with Gasteiger partial charge in [-0.25, -0.2) is 4.79 Å². The number of benzene rings is 1. The topological polar surface area (TPSA) is 109 Å². The molecule has 2 amide bonds. The minimum atomic E-state index is -0.744. The number of carbonyl (C=O) groups excluding carboxylic acids is 1. The van der Waals surface area contributed by atoms with Crippen LogP contribution in [0.1, 0.15) is 31.6 Å². The summed E-state index contributed by atoms with van der Waals surface area (Å²) in [5, 5.41) is 16.0. The number of amides is 2. The van der Waals surface area contributed by atoms with Crippen molar-refractivity contribution in [3.63, 3.8) is 0 Å². The average molecular weight is 372 g/mol. The number of carbonyl (C=O) groups is 2. The quantitative estimate of drug-likeness (QED) is 0.807. The van der Waals surface area contributed by atoms with Crippen LogP contribution in [0.5, 0.6) is 0 Å². The number of aliphatic carboxylic acids is 1. The molecule has 1 heterocycles. The second-order valence-electron chi connectivity index (χ2n) is 6.89. The molecule has 1 saturated carbocycles. The van der Waals surface area contributed by atoms with Gasteiger partial charge in [0.15, 0.2) is 0 Å². The van der Waals surface area contributed by atoms with Crippen LogP contribution in [0.2, 0.25) is 0 Å². The molecule has 0 radical (unpaired) electrons. The summed E-state index contributed by atoms with van der Waals surface area (Å²) >= 11 is 0. The van der Waals surface area contributed by atoms with E-state index in [0.29, 0.717) is 50.4 Å². The highest BCUT2D eigenvalue weighted by Crippen LogP contribution is 2.24. The summed E-state index contributed by atoms with van der Waals surface area (Å²) in [5.74, 6) is -0.0121. The van der Waals surface area contributed by atoms with Gasteiger partial charge in [-0.2, -0.15) is 4.98 Å². The van der Waals surface area contributed by atoms with Crippen molar-refractivity contribution >= 4 is 12.0 Å². The van der Waals surface area contributed by atoms with Crippen molar-refractivity contribution in [2.24, 2.45) is 5.92 Å². The lowest BCUT2D eigenvalue weighted by Gasteiger charge is -2.28. The van der Waals surface area contributed by atoms with Gasteiger partial charge in [0.1, 0.15) is 0 Å². The fraction of sp³-hybridized carbons (Fsp3) is 0.474. The van der Waals surface area contributed by atoms with E-state index >= 15 is 0 Å². The van der Waals surface area contributed by atoms with E-state index in [-0.39, 0.29) is 18.0 Å². The molecule has 27 heavy (non-hydrogen) atoms. The zero-order chi connectivity index (χ0) is 19.2. The van der Waals surface area contributed by atoms with Gasteiger partial charge < -0.3 is 19.8 Å². The van der Waals surface area contributed by atoms with E-state index in [4.69, 9.17) is 9.63 Å². The maximum atomic E-state index is 12.3. The SMILES string of the molecule is CN(CCc1nc(-c2ccccc2)no1)C(=O)NC1CCC(C(=O)O)CC1. The molecule has 1 aliphatic rings. The number of nitrogens with one attached hydrogen (secondary N) is 1. The second-order valence-corrected chi connectivity index (χ2v) is 6.89. The lowest BCUT2D eigenvalue weighted by Crippen LogP contribution is -2.45. The van der Waals surface area contributed by atoms with Crippen molar-refractivity contribution in [1.82, 2.24) is 20.4 Å². The zero-order valence-corrected chi connectivity index (χ0v) is 15.3. The molecule has 0 aliphatic heterocycles. The predicted molar refractivity (Wildman–Crippen MR) is 98.0 cm³/mol. The van der Waals surface area contributed by atoms with Crippen LogP contribution in [0.15, 0.2) is 34.9 Å². The molecule has 0 unspecified atom stereocenters. The van der Waals surface area contributed by atoms with Crippen LogP contribution in [0, 0.1) is 5.92 Å². The van der Waals surface area contributed by atoms with Crippen molar-refractivity contribution < 1.29 is 19.2 Å². The van der Waals surface area contributed by atoms with Crippen molar-refractivity contribution in [3.05, 3.63) is 36.2 Å². The van der Waals surface area contributed by atoms with Gasteiger partial charge in [-0.05, 0) is 25.7 Å². The lowest BCUT2D eigenvalue weighted by molar-refractivity contribution is -0.142. The van der Waals surface area contributed by atoms with Gasteiger partial charge in [-0.15, -0.1) is 0 Å². The molecule has 0 atom stereocenters. The third-order valence-electron chi connectivity index (χ3n) is 4.91. The summed E-state index contributed by atoms with van der Waals surface area (Å²) in [5.41, 5.74) is 0.885. The molecule has 1 aromatic heterocycles. The van der Waals surface area contributed by atoms with Crippen LogP contribution in [0.25, 0.3) is 11.4 Å². The van der Waals surface area contributed by atoms with E-state index in [0.717, 1.165) is 5.56 Å². The number of rotatable bonds is 6. The fourth-order valence-corrected chi connectivity index (χ4v) is 3.20. The summed E-state index contributed by atoms with van der Waals surface area (Å²) in [6.07, 6.45) is 3.07. The number of likely N-dealkylation sites (N-methyl/N-ethyl adjacent to an activating group) is 1. The summed E-state index contributed by atoms with van der Waals surface area (Å²) in [7, 11) is 1.71. The zero-order valence-electron chi connectivity index (χ0n) is 15.3. The van der Waals surface area contributed by atoms with E-state index in [1.54, 1.807) is 11.9 Å². The maximum absolute atomic E-state index is 12.3. The van der Waals surface area contributed by atoms with Gasteiger partial charge in [0.25, 0.3) is 0 Å². The Morgan fingerprint density at radius 2 is 1.93 bits per heavy atom. The first-order valence-corrected chi connectivity index (χ1v) is 9.15. The molecule has 1 fully saturated rings. The molecule has 1 aliphatic carbocycles. The molecule has 0 bridgehead atoms. The normalized spacial score (nSPS) is 19.4. The summed E-state index contributed by atoms with van der Waals surface area (Å²) < 4.78 is 5.26. The smallest absolute Gasteiger partial charge is 0.317 e. The van der Waals surface area contributed by atoms with Crippen LogP contribution in [-0.4, -0.2) is 51.8 Å². The highest BCUT2D eigenvalue weighted by molar-refractivity contribution is 5.74. The molecule has 8 heteroatoms. The molecule has 2 aromatic rings. The number of hydrogen-bond acceptors (Lipinski definition) is 5. The van der Waals surface area contributed by atoms with E-state index in [9.17, 15) is 9.59 Å². The Kier molecular flexibility index (Phi) is 6.05. The first-order chi connectivity index (χ1) is 13.0. The molecule has 0 saturated heterocycles. The Labute approximate surface area is 157 Å². The Bertz CT molecular complexity index is 769. The van der Waals surface area contributed by atoms with Crippen LogP contribution < -0.4 is 5.32 Å². The van der Waals surface area contributed by atoms with Gasteiger partial charge >= 0.3 is 12.0 Å². The summed E-state index contributed by atoms with van der Waals surface area (Å²) in [6.45, 7) is 0.451. The predicted octanol–water partition coefficient (Wildman–Crippen LogP) is 2.56. The number of nitrogens with zero attached hydrogens (tertiary/aromatic N) is 3. The van der Waals surface area contributed by atoms with Crippen LogP contribution >= 0.6 is 0 Å². The standard InChI is InChI=1S/C19H24N4O4/c1-23(19(26)20-15-9-7-14(8-10-15)18(24)25)12-11-16-21-17(22-27-16)13-5-3-2-4-6-13/h2-6,14-15H,7-12H2,1H3,(H,20,26)(H,24,25). The molecule has 144 valence electrons.